The SMILES string of the molecule is CC(NC(=O)N(Cc1ccc(C(O)Cc2nn[nH]n2)cc1)c1ccc(C2CCCCC2)cc1)c1ccc(Cl)cc1. The number of halogens is 1. The van der Waals surface area contributed by atoms with E-state index in [1.54, 1.807) is 4.90 Å². The topological polar surface area (TPSA) is 107 Å². The summed E-state index contributed by atoms with van der Waals surface area (Å²) in [6, 6.07) is 23.2. The lowest BCUT2D eigenvalue weighted by Gasteiger charge is -2.27. The van der Waals surface area contributed by atoms with Gasteiger partial charge in [0.2, 0.25) is 0 Å². The fraction of sp³-hybridized carbons (Fsp3) is 0.355. The number of urea groups is 1. The van der Waals surface area contributed by atoms with E-state index < -0.39 is 6.10 Å². The van der Waals surface area contributed by atoms with Crippen LogP contribution in [-0.4, -0.2) is 31.8 Å². The van der Waals surface area contributed by atoms with Gasteiger partial charge in [0.1, 0.15) is 0 Å². The first-order chi connectivity index (χ1) is 19.5. The molecule has 0 saturated heterocycles. The molecule has 2 amide bonds. The van der Waals surface area contributed by atoms with E-state index in [4.69, 9.17) is 11.6 Å². The van der Waals surface area contributed by atoms with Crippen LogP contribution in [-0.2, 0) is 13.0 Å². The molecule has 1 aliphatic rings. The summed E-state index contributed by atoms with van der Waals surface area (Å²) in [6.45, 7) is 2.34. The second kappa shape index (κ2) is 13.1. The predicted octanol–water partition coefficient (Wildman–Crippen LogP) is 6.65. The second-order valence-electron chi connectivity index (χ2n) is 10.5. The third-order valence-corrected chi connectivity index (χ3v) is 7.96. The monoisotopic (exact) mass is 558 g/mol. The van der Waals surface area contributed by atoms with Gasteiger partial charge in [-0.2, -0.15) is 5.21 Å². The molecule has 1 aromatic heterocycles. The molecule has 40 heavy (non-hydrogen) atoms. The van der Waals surface area contributed by atoms with Crippen LogP contribution in [0.3, 0.4) is 0 Å². The number of nitrogens with zero attached hydrogens (tertiary/aromatic N) is 4. The van der Waals surface area contributed by atoms with Gasteiger partial charge in [0.15, 0.2) is 5.82 Å². The number of anilines is 1. The number of hydrogen-bond donors (Lipinski definition) is 3. The number of carbonyl (C=O) groups excluding carboxylic acids is 1. The molecule has 4 aromatic rings. The minimum atomic E-state index is -0.751. The fourth-order valence-corrected chi connectivity index (χ4v) is 5.45. The number of amides is 2. The summed E-state index contributed by atoms with van der Waals surface area (Å²) in [5.41, 5.74) is 4.85. The van der Waals surface area contributed by atoms with Crippen molar-refractivity contribution < 1.29 is 9.90 Å². The third kappa shape index (κ3) is 7.06. The van der Waals surface area contributed by atoms with Crippen LogP contribution in [0.1, 0.15) is 85.2 Å². The quantitative estimate of drug-likeness (QED) is 0.213. The van der Waals surface area contributed by atoms with Crippen LogP contribution in [0.25, 0.3) is 0 Å². The number of hydrogen-bond acceptors (Lipinski definition) is 5. The highest BCUT2D eigenvalue weighted by atomic mass is 35.5. The number of tetrazole rings is 1. The minimum Gasteiger partial charge on any atom is -0.388 e. The zero-order valence-corrected chi connectivity index (χ0v) is 23.4. The zero-order chi connectivity index (χ0) is 27.9. The Morgan fingerprint density at radius 3 is 2.33 bits per heavy atom. The van der Waals surface area contributed by atoms with Gasteiger partial charge in [0.25, 0.3) is 0 Å². The molecular formula is C31H35ClN6O2. The molecule has 8 nitrogen and oxygen atoms in total. The van der Waals surface area contributed by atoms with Crippen molar-refractivity contribution in [3.8, 4) is 0 Å². The summed E-state index contributed by atoms with van der Waals surface area (Å²) in [7, 11) is 0. The number of aromatic amines is 1. The first-order valence-corrected chi connectivity index (χ1v) is 14.3. The van der Waals surface area contributed by atoms with Gasteiger partial charge >= 0.3 is 6.03 Å². The molecule has 3 N–H and O–H groups in total. The lowest BCUT2D eigenvalue weighted by molar-refractivity contribution is 0.176. The standard InChI is InChI=1S/C31H35ClN6O2/c1-21(23-11-15-27(32)16-12-23)33-31(40)38(28-17-13-25(14-18-28)24-5-3-2-4-6-24)20-22-7-9-26(10-8-22)29(39)19-30-34-36-37-35-30/h7-18,21,24,29,39H,2-6,19-20H2,1H3,(H,33,40)(H,34,35,36,37). The van der Waals surface area contributed by atoms with Crippen molar-refractivity contribution in [2.45, 2.75) is 70.1 Å². The highest BCUT2D eigenvalue weighted by molar-refractivity contribution is 6.30. The van der Waals surface area contributed by atoms with Gasteiger partial charge in [-0.05, 0) is 72.2 Å². The second-order valence-corrected chi connectivity index (χ2v) is 11.0. The van der Waals surface area contributed by atoms with Gasteiger partial charge in [-0.25, -0.2) is 4.79 Å². The molecular weight excluding hydrogens is 524 g/mol. The summed E-state index contributed by atoms with van der Waals surface area (Å²) in [5.74, 6) is 1.05. The van der Waals surface area contributed by atoms with Gasteiger partial charge in [0, 0.05) is 17.1 Å². The smallest absolute Gasteiger partial charge is 0.322 e. The number of aromatic nitrogens is 4. The number of aliphatic hydroxyl groups excluding tert-OH is 1. The lowest BCUT2D eigenvalue weighted by atomic mass is 9.84. The Hall–Kier alpha value is -3.75. The van der Waals surface area contributed by atoms with E-state index in [9.17, 15) is 9.90 Å². The van der Waals surface area contributed by atoms with Crippen molar-refractivity contribution in [2.75, 3.05) is 4.90 Å². The van der Waals surface area contributed by atoms with Crippen molar-refractivity contribution >= 4 is 23.3 Å². The lowest BCUT2D eigenvalue weighted by Crippen LogP contribution is -2.40. The molecule has 0 radical (unpaired) electrons. The maximum absolute atomic E-state index is 13.7. The first-order valence-electron chi connectivity index (χ1n) is 13.9. The summed E-state index contributed by atoms with van der Waals surface area (Å²) in [5, 5.41) is 28.2. The van der Waals surface area contributed by atoms with E-state index in [1.807, 2.05) is 55.5 Å². The zero-order valence-electron chi connectivity index (χ0n) is 22.6. The van der Waals surface area contributed by atoms with Gasteiger partial charge in [-0.15, -0.1) is 10.2 Å². The number of nitrogens with one attached hydrogen (secondary N) is 2. The normalized spacial score (nSPS) is 15.4. The molecule has 1 saturated carbocycles. The van der Waals surface area contributed by atoms with Crippen LogP contribution >= 0.6 is 11.6 Å². The molecule has 1 fully saturated rings. The van der Waals surface area contributed by atoms with E-state index in [0.29, 0.717) is 23.3 Å². The maximum Gasteiger partial charge on any atom is 0.322 e. The van der Waals surface area contributed by atoms with Crippen molar-refractivity contribution in [3.05, 3.63) is 106 Å². The summed E-state index contributed by atoms with van der Waals surface area (Å²) in [6.07, 6.45) is 5.85. The van der Waals surface area contributed by atoms with E-state index in [1.165, 1.54) is 37.7 Å². The predicted molar refractivity (Wildman–Crippen MR) is 156 cm³/mol. The van der Waals surface area contributed by atoms with Crippen molar-refractivity contribution in [1.29, 1.82) is 0 Å². The molecule has 9 heteroatoms. The summed E-state index contributed by atoms with van der Waals surface area (Å²) < 4.78 is 0. The highest BCUT2D eigenvalue weighted by Crippen LogP contribution is 2.33. The largest absolute Gasteiger partial charge is 0.388 e. The molecule has 208 valence electrons. The molecule has 1 aliphatic carbocycles. The van der Waals surface area contributed by atoms with Crippen molar-refractivity contribution in [3.63, 3.8) is 0 Å². The van der Waals surface area contributed by atoms with Gasteiger partial charge in [0.05, 0.1) is 18.7 Å². The third-order valence-electron chi connectivity index (χ3n) is 7.71. The number of H-pyrrole nitrogens is 1. The Balaban J connectivity index is 1.33. The molecule has 2 atom stereocenters. The van der Waals surface area contributed by atoms with Gasteiger partial charge < -0.3 is 10.4 Å². The van der Waals surface area contributed by atoms with Crippen molar-refractivity contribution in [2.24, 2.45) is 0 Å². The van der Waals surface area contributed by atoms with E-state index >= 15 is 0 Å². The van der Waals surface area contributed by atoms with Crippen LogP contribution in [0.15, 0.2) is 72.8 Å². The Labute approximate surface area is 239 Å². The molecule has 1 heterocycles. The summed E-state index contributed by atoms with van der Waals surface area (Å²) in [4.78, 5) is 15.4. The molecule has 0 aliphatic heterocycles. The Morgan fingerprint density at radius 2 is 1.68 bits per heavy atom. The fourth-order valence-electron chi connectivity index (χ4n) is 5.33. The van der Waals surface area contributed by atoms with E-state index in [-0.39, 0.29) is 18.5 Å². The van der Waals surface area contributed by atoms with Crippen molar-refractivity contribution in [1.82, 2.24) is 25.9 Å². The number of carbonyl (C=O) groups is 1. The molecule has 5 rings (SSSR count). The average molecular weight is 559 g/mol. The van der Waals surface area contributed by atoms with Crippen LogP contribution < -0.4 is 10.2 Å². The maximum atomic E-state index is 13.7. The number of aliphatic hydroxyl groups is 1. The van der Waals surface area contributed by atoms with E-state index in [0.717, 1.165) is 22.4 Å². The number of rotatable bonds is 9. The van der Waals surface area contributed by atoms with Crippen LogP contribution in [0.2, 0.25) is 5.02 Å². The van der Waals surface area contributed by atoms with E-state index in [2.05, 4.69) is 50.2 Å². The first kappa shape index (κ1) is 27.8. The van der Waals surface area contributed by atoms with Crippen LogP contribution in [0.5, 0.6) is 0 Å². The Bertz CT molecular complexity index is 1350. The van der Waals surface area contributed by atoms with Crippen LogP contribution in [0, 0.1) is 0 Å². The Kier molecular flexibility index (Phi) is 9.08. The van der Waals surface area contributed by atoms with Gasteiger partial charge in [-0.3, -0.25) is 4.90 Å². The molecule has 0 bridgehead atoms. The molecule has 2 unspecified atom stereocenters. The summed E-state index contributed by atoms with van der Waals surface area (Å²) >= 11 is 6.06. The number of benzene rings is 3. The average Bonchev–Trinajstić information content (AvgIpc) is 3.50. The molecule has 0 spiro atoms. The minimum absolute atomic E-state index is 0.186. The highest BCUT2D eigenvalue weighted by Gasteiger charge is 2.21. The Morgan fingerprint density at radius 1 is 1.00 bits per heavy atom. The van der Waals surface area contributed by atoms with Gasteiger partial charge in [-0.1, -0.05) is 84.6 Å². The van der Waals surface area contributed by atoms with Crippen LogP contribution in [0.4, 0.5) is 10.5 Å². The molecule has 3 aromatic carbocycles.